The number of hydrogen-bond donors (Lipinski definition) is 1. The maximum absolute atomic E-state index is 9.33. The fourth-order valence-corrected chi connectivity index (χ4v) is 2.82. The molecule has 0 heterocycles. The molecule has 72 valence electrons. The van der Waals surface area contributed by atoms with Crippen LogP contribution in [0.5, 0.6) is 0 Å². The van der Waals surface area contributed by atoms with Crippen molar-refractivity contribution in [3.63, 3.8) is 0 Å². The SMILES string of the molecule is OC(CBr)CSc1ccccc1Br. The molecule has 1 rings (SSSR count). The third-order valence-corrected chi connectivity index (χ3v) is 4.37. The maximum atomic E-state index is 9.33. The Bertz CT molecular complexity index is 268. The van der Waals surface area contributed by atoms with Gasteiger partial charge in [-0.15, -0.1) is 11.8 Å². The minimum absolute atomic E-state index is 0.280. The lowest BCUT2D eigenvalue weighted by Crippen LogP contribution is -2.10. The highest BCUT2D eigenvalue weighted by molar-refractivity contribution is 9.10. The summed E-state index contributed by atoms with van der Waals surface area (Å²) in [7, 11) is 0. The van der Waals surface area contributed by atoms with Gasteiger partial charge in [0.25, 0.3) is 0 Å². The van der Waals surface area contributed by atoms with Gasteiger partial charge < -0.3 is 5.11 Å². The summed E-state index contributed by atoms with van der Waals surface area (Å²) in [5, 5.41) is 9.96. The molecule has 0 fully saturated rings. The Morgan fingerprint density at radius 2 is 2.08 bits per heavy atom. The van der Waals surface area contributed by atoms with E-state index in [4.69, 9.17) is 0 Å². The second-order valence-corrected chi connectivity index (χ2v) is 5.11. The molecule has 0 aliphatic carbocycles. The summed E-state index contributed by atoms with van der Waals surface area (Å²) in [6, 6.07) is 8.02. The Balaban J connectivity index is 2.50. The minimum atomic E-state index is -0.280. The number of aliphatic hydroxyl groups is 1. The predicted octanol–water partition coefficient (Wildman–Crippen LogP) is 3.30. The van der Waals surface area contributed by atoms with Gasteiger partial charge in [-0.05, 0) is 28.1 Å². The molecule has 1 aromatic carbocycles. The molecule has 0 aliphatic rings. The Hall–Kier alpha value is 0.490. The zero-order chi connectivity index (χ0) is 9.68. The summed E-state index contributed by atoms with van der Waals surface area (Å²) in [6.45, 7) is 0. The summed E-state index contributed by atoms with van der Waals surface area (Å²) in [4.78, 5) is 1.17. The first kappa shape index (κ1) is 11.6. The molecule has 1 nitrogen and oxygen atoms in total. The van der Waals surface area contributed by atoms with Crippen molar-refractivity contribution >= 4 is 43.6 Å². The van der Waals surface area contributed by atoms with E-state index in [-0.39, 0.29) is 6.10 Å². The van der Waals surface area contributed by atoms with Crippen molar-refractivity contribution in [2.45, 2.75) is 11.0 Å². The Kier molecular flexibility index (Phi) is 5.39. The van der Waals surface area contributed by atoms with Crippen LogP contribution < -0.4 is 0 Å². The lowest BCUT2D eigenvalue weighted by Gasteiger charge is -2.07. The van der Waals surface area contributed by atoms with Crippen LogP contribution >= 0.6 is 43.6 Å². The van der Waals surface area contributed by atoms with Crippen molar-refractivity contribution < 1.29 is 5.11 Å². The quantitative estimate of drug-likeness (QED) is 0.677. The smallest absolute Gasteiger partial charge is 0.0730 e. The molecule has 0 saturated carbocycles. The van der Waals surface area contributed by atoms with Crippen molar-refractivity contribution in [2.75, 3.05) is 11.1 Å². The fourth-order valence-electron chi connectivity index (χ4n) is 0.792. The third-order valence-electron chi connectivity index (χ3n) is 1.45. The summed E-state index contributed by atoms with van der Waals surface area (Å²) in [5.74, 6) is 0.716. The van der Waals surface area contributed by atoms with E-state index in [1.807, 2.05) is 24.3 Å². The monoisotopic (exact) mass is 324 g/mol. The van der Waals surface area contributed by atoms with Gasteiger partial charge in [-0.1, -0.05) is 28.1 Å². The summed E-state index contributed by atoms with van der Waals surface area (Å²) in [5.41, 5.74) is 0. The molecule has 1 atom stereocenters. The average molecular weight is 326 g/mol. The molecule has 1 aromatic rings. The number of benzene rings is 1. The maximum Gasteiger partial charge on any atom is 0.0730 e. The Labute approximate surface area is 99.2 Å². The van der Waals surface area contributed by atoms with Crippen LogP contribution in [0.25, 0.3) is 0 Å². The van der Waals surface area contributed by atoms with Gasteiger partial charge in [0.15, 0.2) is 0 Å². The van der Waals surface area contributed by atoms with E-state index in [0.29, 0.717) is 11.1 Å². The number of thioether (sulfide) groups is 1. The van der Waals surface area contributed by atoms with Crippen LogP contribution in [-0.2, 0) is 0 Å². The predicted molar refractivity (Wildman–Crippen MR) is 64.7 cm³/mol. The van der Waals surface area contributed by atoms with Crippen molar-refractivity contribution in [3.8, 4) is 0 Å². The normalized spacial score (nSPS) is 12.8. The summed E-state index contributed by atoms with van der Waals surface area (Å²) >= 11 is 8.34. The molecule has 0 amide bonds. The summed E-state index contributed by atoms with van der Waals surface area (Å²) in [6.07, 6.45) is -0.280. The fraction of sp³-hybridized carbons (Fsp3) is 0.333. The number of halogens is 2. The van der Waals surface area contributed by atoms with E-state index in [1.54, 1.807) is 11.8 Å². The minimum Gasteiger partial charge on any atom is -0.391 e. The zero-order valence-corrected chi connectivity index (χ0v) is 10.9. The van der Waals surface area contributed by atoms with Crippen LogP contribution in [0.4, 0.5) is 0 Å². The van der Waals surface area contributed by atoms with E-state index in [1.165, 1.54) is 4.90 Å². The summed E-state index contributed by atoms with van der Waals surface area (Å²) < 4.78 is 1.08. The van der Waals surface area contributed by atoms with Crippen LogP contribution in [0.2, 0.25) is 0 Å². The number of aliphatic hydroxyl groups excluding tert-OH is 1. The van der Waals surface area contributed by atoms with Crippen LogP contribution in [0.3, 0.4) is 0 Å². The third kappa shape index (κ3) is 4.02. The number of rotatable bonds is 4. The molecular formula is C9H10Br2OS. The first-order valence-electron chi connectivity index (χ1n) is 3.85. The zero-order valence-electron chi connectivity index (χ0n) is 6.91. The molecule has 13 heavy (non-hydrogen) atoms. The largest absolute Gasteiger partial charge is 0.391 e. The lowest BCUT2D eigenvalue weighted by atomic mass is 10.4. The van der Waals surface area contributed by atoms with Gasteiger partial charge in [-0.25, -0.2) is 0 Å². The Morgan fingerprint density at radius 1 is 1.38 bits per heavy atom. The van der Waals surface area contributed by atoms with Crippen LogP contribution in [0.15, 0.2) is 33.6 Å². The highest BCUT2D eigenvalue weighted by atomic mass is 79.9. The Morgan fingerprint density at radius 3 is 2.69 bits per heavy atom. The van der Waals surface area contributed by atoms with Gasteiger partial charge in [0, 0.05) is 20.5 Å². The number of alkyl halides is 1. The van der Waals surface area contributed by atoms with E-state index < -0.39 is 0 Å². The first-order chi connectivity index (χ1) is 6.24. The molecule has 4 heteroatoms. The topological polar surface area (TPSA) is 20.2 Å². The van der Waals surface area contributed by atoms with Crippen molar-refractivity contribution in [1.82, 2.24) is 0 Å². The van der Waals surface area contributed by atoms with Crippen LogP contribution in [-0.4, -0.2) is 22.3 Å². The van der Waals surface area contributed by atoms with Crippen LogP contribution in [0, 0.1) is 0 Å². The van der Waals surface area contributed by atoms with Gasteiger partial charge in [0.1, 0.15) is 0 Å². The molecule has 1 unspecified atom stereocenters. The van der Waals surface area contributed by atoms with E-state index in [9.17, 15) is 5.11 Å². The lowest BCUT2D eigenvalue weighted by molar-refractivity contribution is 0.226. The van der Waals surface area contributed by atoms with Gasteiger partial charge in [0.2, 0.25) is 0 Å². The molecule has 0 spiro atoms. The second kappa shape index (κ2) is 6.06. The van der Waals surface area contributed by atoms with E-state index in [0.717, 1.165) is 4.47 Å². The van der Waals surface area contributed by atoms with E-state index in [2.05, 4.69) is 31.9 Å². The van der Waals surface area contributed by atoms with Crippen molar-refractivity contribution in [3.05, 3.63) is 28.7 Å². The van der Waals surface area contributed by atoms with Gasteiger partial charge in [0.05, 0.1) is 6.10 Å². The van der Waals surface area contributed by atoms with Gasteiger partial charge >= 0.3 is 0 Å². The van der Waals surface area contributed by atoms with E-state index >= 15 is 0 Å². The highest BCUT2D eigenvalue weighted by Crippen LogP contribution is 2.27. The van der Waals surface area contributed by atoms with Crippen molar-refractivity contribution in [1.29, 1.82) is 0 Å². The molecule has 1 N–H and O–H groups in total. The van der Waals surface area contributed by atoms with Crippen molar-refractivity contribution in [2.24, 2.45) is 0 Å². The molecule has 0 saturated heterocycles. The second-order valence-electron chi connectivity index (χ2n) is 2.55. The molecule has 0 bridgehead atoms. The van der Waals surface area contributed by atoms with Gasteiger partial charge in [-0.2, -0.15) is 0 Å². The number of hydrogen-bond acceptors (Lipinski definition) is 2. The molecular weight excluding hydrogens is 316 g/mol. The molecule has 0 aromatic heterocycles. The highest BCUT2D eigenvalue weighted by Gasteiger charge is 2.04. The molecule has 0 radical (unpaired) electrons. The van der Waals surface area contributed by atoms with Crippen LogP contribution in [0.1, 0.15) is 0 Å². The molecule has 0 aliphatic heterocycles. The average Bonchev–Trinajstić information content (AvgIpc) is 2.16. The van der Waals surface area contributed by atoms with Gasteiger partial charge in [-0.3, -0.25) is 0 Å². The first-order valence-corrected chi connectivity index (χ1v) is 6.75. The standard InChI is InChI=1S/C9H10Br2OS/c10-5-7(12)6-13-9-4-2-1-3-8(9)11/h1-4,7,12H,5-6H2.